The molecule has 7 heteroatoms. The summed E-state index contributed by atoms with van der Waals surface area (Å²) in [6.07, 6.45) is 4.63. The number of hydrogen-bond donors (Lipinski definition) is 1. The van der Waals surface area contributed by atoms with Gasteiger partial charge in [-0.25, -0.2) is 0 Å². The highest BCUT2D eigenvalue weighted by atomic mass is 16.5. The van der Waals surface area contributed by atoms with Crippen molar-refractivity contribution in [2.45, 2.75) is 25.3 Å². The summed E-state index contributed by atoms with van der Waals surface area (Å²) < 4.78 is 13.2. The number of aryl methyl sites for hydroxylation is 1. The third-order valence-electron chi connectivity index (χ3n) is 5.30. The number of fused-ring (bicyclic) bond motifs is 1. The minimum Gasteiger partial charge on any atom is -0.490 e. The predicted octanol–water partition coefficient (Wildman–Crippen LogP) is 2.28. The number of ether oxygens (including phenoxy) is 2. The summed E-state index contributed by atoms with van der Waals surface area (Å²) in [7, 11) is 1.78. The lowest BCUT2D eigenvalue weighted by Crippen LogP contribution is -2.40. The third kappa shape index (κ3) is 3.89. The maximum absolute atomic E-state index is 12.4. The third-order valence-corrected chi connectivity index (χ3v) is 5.30. The number of carbonyl (C=O) groups excluding carboxylic acids is 2. The number of carbonyl (C=O) groups is 2. The van der Waals surface area contributed by atoms with Gasteiger partial charge in [0, 0.05) is 25.7 Å². The first-order chi connectivity index (χ1) is 13.6. The van der Waals surface area contributed by atoms with Crippen LogP contribution in [0.1, 0.15) is 41.4 Å². The minimum absolute atomic E-state index is 0.132. The van der Waals surface area contributed by atoms with E-state index in [0.717, 1.165) is 42.9 Å². The number of nitrogens with zero attached hydrogens (tertiary/aromatic N) is 2. The van der Waals surface area contributed by atoms with Crippen LogP contribution in [-0.2, 0) is 11.8 Å². The van der Waals surface area contributed by atoms with Crippen LogP contribution in [0, 0.1) is 0 Å². The largest absolute Gasteiger partial charge is 0.490 e. The van der Waals surface area contributed by atoms with E-state index in [1.807, 2.05) is 18.2 Å². The highest BCUT2D eigenvalue weighted by Crippen LogP contribution is 2.37. The molecule has 0 spiro atoms. The van der Waals surface area contributed by atoms with Crippen LogP contribution in [0.2, 0.25) is 0 Å². The van der Waals surface area contributed by atoms with Gasteiger partial charge in [-0.1, -0.05) is 6.07 Å². The van der Waals surface area contributed by atoms with Crippen molar-refractivity contribution < 1.29 is 19.1 Å². The number of rotatable bonds is 4. The van der Waals surface area contributed by atoms with Crippen LogP contribution in [0.25, 0.3) is 0 Å². The van der Waals surface area contributed by atoms with Gasteiger partial charge in [0.15, 0.2) is 11.5 Å². The van der Waals surface area contributed by atoms with Crippen molar-refractivity contribution >= 4 is 11.8 Å². The Morgan fingerprint density at radius 1 is 1.14 bits per heavy atom. The Morgan fingerprint density at radius 2 is 1.96 bits per heavy atom. The zero-order chi connectivity index (χ0) is 19.5. The normalized spacial score (nSPS) is 19.2. The van der Waals surface area contributed by atoms with E-state index in [0.29, 0.717) is 18.9 Å². The second kappa shape index (κ2) is 8.06. The monoisotopic (exact) mass is 383 g/mol. The van der Waals surface area contributed by atoms with Gasteiger partial charge < -0.3 is 14.0 Å². The Labute approximate surface area is 164 Å². The average molecular weight is 383 g/mol. The SMILES string of the molecule is Cn1cccc1C(=O)NC(=O)CN1CCC[C@@H]1c1ccc2c(c1)OCCCO2. The molecule has 2 amide bonds. The molecule has 2 aliphatic heterocycles. The summed E-state index contributed by atoms with van der Waals surface area (Å²) >= 11 is 0. The van der Waals surface area contributed by atoms with Gasteiger partial charge in [-0.15, -0.1) is 0 Å². The maximum atomic E-state index is 12.4. The summed E-state index contributed by atoms with van der Waals surface area (Å²) in [6, 6.07) is 9.62. The first-order valence-electron chi connectivity index (χ1n) is 9.71. The molecule has 1 N–H and O–H groups in total. The van der Waals surface area contributed by atoms with E-state index in [-0.39, 0.29) is 24.4 Å². The van der Waals surface area contributed by atoms with Crippen LogP contribution >= 0.6 is 0 Å². The van der Waals surface area contributed by atoms with Gasteiger partial charge in [0.1, 0.15) is 5.69 Å². The van der Waals surface area contributed by atoms with Crippen molar-refractivity contribution in [2.24, 2.45) is 7.05 Å². The molecule has 2 aromatic rings. The lowest BCUT2D eigenvalue weighted by Gasteiger charge is -2.24. The fourth-order valence-electron chi connectivity index (χ4n) is 3.89. The maximum Gasteiger partial charge on any atom is 0.274 e. The molecule has 0 bridgehead atoms. The summed E-state index contributed by atoms with van der Waals surface area (Å²) in [5.41, 5.74) is 1.58. The van der Waals surface area contributed by atoms with Crippen molar-refractivity contribution in [3.05, 3.63) is 47.8 Å². The number of hydrogen-bond acceptors (Lipinski definition) is 5. The Bertz CT molecular complexity index is 876. The summed E-state index contributed by atoms with van der Waals surface area (Å²) in [6.45, 7) is 2.33. The molecular formula is C21H25N3O4. The molecule has 1 aromatic heterocycles. The summed E-state index contributed by atoms with van der Waals surface area (Å²) in [5, 5.41) is 2.50. The first kappa shape index (κ1) is 18.6. The number of nitrogens with one attached hydrogen (secondary N) is 1. The Balaban J connectivity index is 1.42. The number of amides is 2. The highest BCUT2D eigenvalue weighted by Gasteiger charge is 2.29. The standard InChI is InChI=1S/C21H25N3O4/c1-23-9-2-6-17(23)21(26)22-20(25)14-24-10-3-5-16(24)15-7-8-18-19(13-15)28-12-4-11-27-18/h2,6-9,13,16H,3-5,10-12,14H2,1H3,(H,22,25,26)/t16-/m1/s1. The van der Waals surface area contributed by atoms with Gasteiger partial charge in [-0.3, -0.25) is 19.8 Å². The lowest BCUT2D eigenvalue weighted by molar-refractivity contribution is -0.121. The summed E-state index contributed by atoms with van der Waals surface area (Å²) in [4.78, 5) is 26.8. The first-order valence-corrected chi connectivity index (χ1v) is 9.71. The van der Waals surface area contributed by atoms with Gasteiger partial charge in [0.25, 0.3) is 5.91 Å². The topological polar surface area (TPSA) is 72.8 Å². The zero-order valence-corrected chi connectivity index (χ0v) is 16.0. The number of likely N-dealkylation sites (tertiary alicyclic amines) is 1. The van der Waals surface area contributed by atoms with Crippen LogP contribution in [0.4, 0.5) is 0 Å². The lowest BCUT2D eigenvalue weighted by atomic mass is 10.0. The fraction of sp³-hybridized carbons (Fsp3) is 0.429. The Kier molecular flexibility index (Phi) is 5.34. The molecule has 4 rings (SSSR count). The van der Waals surface area contributed by atoms with Crippen molar-refractivity contribution in [2.75, 3.05) is 26.3 Å². The van der Waals surface area contributed by atoms with E-state index in [2.05, 4.69) is 10.2 Å². The van der Waals surface area contributed by atoms with Crippen molar-refractivity contribution in [3.8, 4) is 11.5 Å². The smallest absolute Gasteiger partial charge is 0.274 e. The van der Waals surface area contributed by atoms with Crippen LogP contribution in [-0.4, -0.2) is 47.6 Å². The van der Waals surface area contributed by atoms with E-state index in [4.69, 9.17) is 9.47 Å². The zero-order valence-electron chi connectivity index (χ0n) is 16.0. The molecule has 148 valence electrons. The molecule has 1 aromatic carbocycles. The number of imide groups is 1. The van der Waals surface area contributed by atoms with Crippen LogP contribution in [0.15, 0.2) is 36.5 Å². The highest BCUT2D eigenvalue weighted by molar-refractivity contribution is 6.04. The van der Waals surface area contributed by atoms with Crippen molar-refractivity contribution in [1.82, 2.24) is 14.8 Å². The number of aromatic nitrogens is 1. The van der Waals surface area contributed by atoms with Gasteiger partial charge in [0.05, 0.1) is 19.8 Å². The second-order valence-electron chi connectivity index (χ2n) is 7.27. The number of benzene rings is 1. The Hall–Kier alpha value is -2.80. The molecule has 28 heavy (non-hydrogen) atoms. The van der Waals surface area contributed by atoms with E-state index >= 15 is 0 Å². The fourth-order valence-corrected chi connectivity index (χ4v) is 3.89. The van der Waals surface area contributed by atoms with Gasteiger partial charge in [-0.05, 0) is 49.2 Å². The van der Waals surface area contributed by atoms with E-state index < -0.39 is 0 Å². The molecule has 0 aliphatic carbocycles. The van der Waals surface area contributed by atoms with Crippen LogP contribution in [0.5, 0.6) is 11.5 Å². The molecule has 7 nitrogen and oxygen atoms in total. The summed E-state index contributed by atoms with van der Waals surface area (Å²) in [5.74, 6) is 0.887. The molecule has 0 radical (unpaired) electrons. The van der Waals surface area contributed by atoms with Gasteiger partial charge in [0.2, 0.25) is 5.91 Å². The molecule has 2 aliphatic rings. The van der Waals surface area contributed by atoms with Gasteiger partial charge >= 0.3 is 0 Å². The molecule has 0 saturated carbocycles. The average Bonchev–Trinajstić information content (AvgIpc) is 3.24. The molecule has 0 unspecified atom stereocenters. The van der Waals surface area contributed by atoms with E-state index in [1.165, 1.54) is 0 Å². The molecule has 1 atom stereocenters. The minimum atomic E-state index is -0.371. The second-order valence-corrected chi connectivity index (χ2v) is 7.27. The van der Waals surface area contributed by atoms with Crippen molar-refractivity contribution in [3.63, 3.8) is 0 Å². The van der Waals surface area contributed by atoms with E-state index in [1.54, 1.807) is 29.9 Å². The molecule has 1 fully saturated rings. The molecule has 3 heterocycles. The van der Waals surface area contributed by atoms with Crippen LogP contribution < -0.4 is 14.8 Å². The Morgan fingerprint density at radius 3 is 2.75 bits per heavy atom. The van der Waals surface area contributed by atoms with E-state index in [9.17, 15) is 9.59 Å². The van der Waals surface area contributed by atoms with Crippen molar-refractivity contribution in [1.29, 1.82) is 0 Å². The van der Waals surface area contributed by atoms with Crippen LogP contribution in [0.3, 0.4) is 0 Å². The quantitative estimate of drug-likeness (QED) is 0.877. The molecular weight excluding hydrogens is 358 g/mol. The predicted molar refractivity (Wildman–Crippen MR) is 103 cm³/mol. The molecule has 1 saturated heterocycles. The van der Waals surface area contributed by atoms with Gasteiger partial charge in [-0.2, -0.15) is 0 Å².